The standard InChI is InChI=1S/C72H45N3O/c1-4-18-46(19-5-1)48-34-36-52(37-35-48)73(53-38-41-68-64(45-53)58-26-12-13-31-65(58)74(68)51-22-8-3-9-23-51)54-43-49(47-20-6-2-7-21-47)42-50(44-54)55-27-16-29-61-62-40-39-59-56-24-10-14-32-66(56)75-67-33-15-11-25-57(67)60-28-17-30-63(70(60)75)69(59)72(62)76-71(55)61/h1-45H. The minimum atomic E-state index is 0.862. The molecule has 0 unspecified atom stereocenters. The Hall–Kier alpha value is -10.2. The summed E-state index contributed by atoms with van der Waals surface area (Å²) in [4.78, 5) is 2.43. The normalized spacial score (nSPS) is 11.9. The van der Waals surface area contributed by atoms with Crippen molar-refractivity contribution in [3.05, 3.63) is 273 Å². The molecule has 1 aliphatic rings. The third-order valence-corrected chi connectivity index (χ3v) is 15.8. The van der Waals surface area contributed by atoms with Gasteiger partial charge in [0.05, 0.1) is 27.8 Å². The van der Waals surface area contributed by atoms with E-state index in [2.05, 4.69) is 287 Å². The first-order valence-corrected chi connectivity index (χ1v) is 26.1. The quantitative estimate of drug-likeness (QED) is 0.159. The topological polar surface area (TPSA) is 26.2 Å². The van der Waals surface area contributed by atoms with Gasteiger partial charge in [-0.25, -0.2) is 0 Å². The summed E-state index contributed by atoms with van der Waals surface area (Å²) in [5.74, 6) is 0. The molecule has 0 saturated carbocycles. The van der Waals surface area contributed by atoms with E-state index in [-0.39, 0.29) is 0 Å². The number of nitrogens with zero attached hydrogens (tertiary/aromatic N) is 3. The Bertz CT molecular complexity index is 4790. The maximum atomic E-state index is 7.50. The highest BCUT2D eigenvalue weighted by molar-refractivity contribution is 6.22. The van der Waals surface area contributed by atoms with Crippen LogP contribution in [0.4, 0.5) is 17.1 Å². The van der Waals surface area contributed by atoms with Gasteiger partial charge in [-0.15, -0.1) is 0 Å². The van der Waals surface area contributed by atoms with Gasteiger partial charge < -0.3 is 18.5 Å². The van der Waals surface area contributed by atoms with Crippen molar-refractivity contribution in [2.75, 3.05) is 4.90 Å². The maximum Gasteiger partial charge on any atom is 0.143 e. The van der Waals surface area contributed by atoms with Crippen molar-refractivity contribution in [2.24, 2.45) is 0 Å². The summed E-state index contributed by atoms with van der Waals surface area (Å²) in [6.07, 6.45) is 0. The molecule has 0 aliphatic carbocycles. The molecule has 0 amide bonds. The van der Waals surface area contributed by atoms with E-state index in [9.17, 15) is 0 Å². The number of furan rings is 1. The van der Waals surface area contributed by atoms with Crippen molar-refractivity contribution in [3.8, 4) is 67.0 Å². The number of anilines is 3. The second-order valence-electron chi connectivity index (χ2n) is 20.0. The van der Waals surface area contributed by atoms with Crippen molar-refractivity contribution < 1.29 is 4.42 Å². The molecule has 0 saturated heterocycles. The molecule has 0 bridgehead atoms. The van der Waals surface area contributed by atoms with Gasteiger partial charge in [0.25, 0.3) is 0 Å². The van der Waals surface area contributed by atoms with Gasteiger partial charge in [0.2, 0.25) is 0 Å². The van der Waals surface area contributed by atoms with E-state index >= 15 is 0 Å². The Morgan fingerprint density at radius 2 is 0.829 bits per heavy atom. The summed E-state index contributed by atoms with van der Waals surface area (Å²) in [7, 11) is 0. The largest absolute Gasteiger partial charge is 0.455 e. The SMILES string of the molecule is c1ccc(-c2ccc(N(c3cc(-c4ccccc4)cc(-c4cccc5c4oc4c6c(ccc45)-c4ccccc4-n4c5ccccc5c5cccc-6c54)c3)c3ccc4c(c3)c3ccccc3n4-c3ccccc3)cc2)cc1. The second kappa shape index (κ2) is 16.7. The number of rotatable bonds is 7. The van der Waals surface area contributed by atoms with Gasteiger partial charge in [0, 0.05) is 77.3 Å². The van der Waals surface area contributed by atoms with Gasteiger partial charge in [-0.05, 0) is 118 Å². The van der Waals surface area contributed by atoms with Crippen LogP contribution in [-0.4, -0.2) is 9.13 Å². The van der Waals surface area contributed by atoms with E-state index in [1.54, 1.807) is 0 Å². The molecule has 4 heterocycles. The summed E-state index contributed by atoms with van der Waals surface area (Å²) in [6.45, 7) is 0. The van der Waals surface area contributed by atoms with E-state index < -0.39 is 0 Å². The van der Waals surface area contributed by atoms with Crippen molar-refractivity contribution >= 4 is 82.6 Å². The summed E-state index contributed by atoms with van der Waals surface area (Å²) >= 11 is 0. The molecule has 0 radical (unpaired) electrons. The fraction of sp³-hybridized carbons (Fsp3) is 0. The first-order valence-electron chi connectivity index (χ1n) is 26.1. The van der Waals surface area contributed by atoms with Gasteiger partial charge >= 0.3 is 0 Å². The van der Waals surface area contributed by atoms with Crippen LogP contribution in [0.3, 0.4) is 0 Å². The van der Waals surface area contributed by atoms with Crippen molar-refractivity contribution in [1.29, 1.82) is 0 Å². The lowest BCUT2D eigenvalue weighted by molar-refractivity contribution is 0.671. The van der Waals surface area contributed by atoms with Crippen molar-refractivity contribution in [3.63, 3.8) is 0 Å². The zero-order chi connectivity index (χ0) is 49.8. The van der Waals surface area contributed by atoms with Gasteiger partial charge in [-0.3, -0.25) is 0 Å². The minimum Gasteiger partial charge on any atom is -0.455 e. The molecule has 16 rings (SSSR count). The first-order chi connectivity index (χ1) is 37.7. The van der Waals surface area contributed by atoms with E-state index in [0.29, 0.717) is 0 Å². The van der Waals surface area contributed by atoms with Crippen LogP contribution in [0.25, 0.3) is 133 Å². The Labute approximate surface area is 438 Å². The number of para-hydroxylation sites is 6. The fourth-order valence-corrected chi connectivity index (χ4v) is 12.5. The molecule has 15 aromatic rings. The highest BCUT2D eigenvalue weighted by Crippen LogP contribution is 2.52. The molecule has 354 valence electrons. The maximum absolute atomic E-state index is 7.50. The number of aromatic nitrogens is 2. The van der Waals surface area contributed by atoms with E-state index in [0.717, 1.165) is 89.1 Å². The summed E-state index contributed by atoms with van der Waals surface area (Å²) in [5, 5.41) is 7.04. The Morgan fingerprint density at radius 1 is 0.276 bits per heavy atom. The molecule has 4 nitrogen and oxygen atoms in total. The van der Waals surface area contributed by atoms with Crippen LogP contribution in [0.1, 0.15) is 0 Å². The van der Waals surface area contributed by atoms with Crippen LogP contribution >= 0.6 is 0 Å². The first kappa shape index (κ1) is 42.4. The van der Waals surface area contributed by atoms with Crippen molar-refractivity contribution in [1.82, 2.24) is 9.13 Å². The van der Waals surface area contributed by atoms with Crippen LogP contribution < -0.4 is 4.90 Å². The summed E-state index contributed by atoms with van der Waals surface area (Å²) < 4.78 is 12.3. The second-order valence-corrected chi connectivity index (χ2v) is 20.0. The minimum absolute atomic E-state index is 0.862. The van der Waals surface area contributed by atoms with Crippen LogP contribution in [0, 0.1) is 0 Å². The molecule has 4 heteroatoms. The average Bonchev–Trinajstić information content (AvgIpc) is 4.26. The molecule has 76 heavy (non-hydrogen) atoms. The molecular formula is C72H45N3O. The highest BCUT2D eigenvalue weighted by atomic mass is 16.3. The molecule has 0 N–H and O–H groups in total. The van der Waals surface area contributed by atoms with Gasteiger partial charge in [-0.2, -0.15) is 0 Å². The lowest BCUT2D eigenvalue weighted by Gasteiger charge is -2.27. The van der Waals surface area contributed by atoms with Gasteiger partial charge in [0.1, 0.15) is 11.2 Å². The molecule has 3 aromatic heterocycles. The van der Waals surface area contributed by atoms with Crippen LogP contribution in [0.5, 0.6) is 0 Å². The molecule has 12 aromatic carbocycles. The molecule has 0 atom stereocenters. The zero-order valence-corrected chi connectivity index (χ0v) is 41.2. The Balaban J connectivity index is 0.940. The summed E-state index contributed by atoms with van der Waals surface area (Å²) in [6, 6.07) is 99.4. The van der Waals surface area contributed by atoms with Gasteiger partial charge in [-0.1, -0.05) is 188 Å². The average molecular weight is 968 g/mol. The lowest BCUT2D eigenvalue weighted by Crippen LogP contribution is -2.10. The molecule has 0 fully saturated rings. The third kappa shape index (κ3) is 6.38. The number of hydrogen-bond acceptors (Lipinski definition) is 2. The lowest BCUT2D eigenvalue weighted by atomic mass is 9.91. The number of benzene rings is 12. The fourth-order valence-electron chi connectivity index (χ4n) is 12.5. The number of hydrogen-bond donors (Lipinski definition) is 0. The smallest absolute Gasteiger partial charge is 0.143 e. The van der Waals surface area contributed by atoms with Gasteiger partial charge in [0.15, 0.2) is 0 Å². The Morgan fingerprint density at radius 3 is 1.61 bits per heavy atom. The van der Waals surface area contributed by atoms with E-state index in [4.69, 9.17) is 4.42 Å². The predicted molar refractivity (Wildman–Crippen MR) is 318 cm³/mol. The Kier molecular flexibility index (Phi) is 9.30. The van der Waals surface area contributed by atoms with E-state index in [1.165, 1.54) is 60.5 Å². The van der Waals surface area contributed by atoms with E-state index in [1.807, 2.05) is 0 Å². The number of fused-ring (bicyclic) bond motifs is 15. The molecular weight excluding hydrogens is 923 g/mol. The molecule has 1 aliphatic heterocycles. The molecule has 0 spiro atoms. The van der Waals surface area contributed by atoms with Crippen LogP contribution in [-0.2, 0) is 0 Å². The van der Waals surface area contributed by atoms with Crippen molar-refractivity contribution in [2.45, 2.75) is 0 Å². The summed E-state index contributed by atoms with van der Waals surface area (Å²) in [5.41, 5.74) is 23.2. The van der Waals surface area contributed by atoms with Crippen LogP contribution in [0.15, 0.2) is 277 Å². The zero-order valence-electron chi connectivity index (χ0n) is 41.2. The van der Waals surface area contributed by atoms with Crippen LogP contribution in [0.2, 0.25) is 0 Å². The monoisotopic (exact) mass is 967 g/mol. The predicted octanol–water partition coefficient (Wildman–Crippen LogP) is 19.9. The third-order valence-electron chi connectivity index (χ3n) is 15.8. The highest BCUT2D eigenvalue weighted by Gasteiger charge is 2.28.